The van der Waals surface area contributed by atoms with Crippen LogP contribution in [-0.2, 0) is 39.9 Å². The van der Waals surface area contributed by atoms with E-state index in [4.69, 9.17) is 23.7 Å². The van der Waals surface area contributed by atoms with Gasteiger partial charge in [-0.3, -0.25) is 9.59 Å². The molecular formula is C36H42N2O8. The Morgan fingerprint density at radius 1 is 0.935 bits per heavy atom. The summed E-state index contributed by atoms with van der Waals surface area (Å²) >= 11 is 0. The van der Waals surface area contributed by atoms with Gasteiger partial charge in [-0.2, -0.15) is 0 Å². The fraction of sp³-hybridized carbons (Fsp3) is 0.444. The van der Waals surface area contributed by atoms with Gasteiger partial charge in [0.15, 0.2) is 18.2 Å². The first-order valence-corrected chi connectivity index (χ1v) is 16.0. The van der Waals surface area contributed by atoms with E-state index < -0.39 is 30.1 Å². The Bertz CT molecular complexity index is 1470. The molecule has 3 aliphatic heterocycles. The van der Waals surface area contributed by atoms with E-state index in [2.05, 4.69) is 22.3 Å². The predicted molar refractivity (Wildman–Crippen MR) is 170 cm³/mol. The number of hydrogen-bond acceptors (Lipinski definition) is 9. The first-order valence-electron chi connectivity index (χ1n) is 16.0. The van der Waals surface area contributed by atoms with E-state index in [1.807, 2.05) is 60.7 Å². The van der Waals surface area contributed by atoms with Crippen molar-refractivity contribution in [1.29, 1.82) is 0 Å². The average Bonchev–Trinajstić information content (AvgIpc) is 3.53. The zero-order chi connectivity index (χ0) is 32.1. The second-order valence-corrected chi connectivity index (χ2v) is 12.2. The van der Waals surface area contributed by atoms with Gasteiger partial charge in [0.05, 0.1) is 32.0 Å². The molecule has 5 atom stereocenters. The molecule has 1 spiro atoms. The quantitative estimate of drug-likeness (QED) is 0.320. The van der Waals surface area contributed by atoms with Crippen molar-refractivity contribution in [2.45, 2.75) is 69.6 Å². The first-order chi connectivity index (χ1) is 22.3. The monoisotopic (exact) mass is 630 g/mol. The summed E-state index contributed by atoms with van der Waals surface area (Å²) in [6.07, 6.45) is -0.670. The van der Waals surface area contributed by atoms with Crippen LogP contribution in [0.2, 0.25) is 0 Å². The minimum atomic E-state index is -0.936. The number of amides is 1. The van der Waals surface area contributed by atoms with Crippen molar-refractivity contribution in [3.8, 4) is 0 Å². The third kappa shape index (κ3) is 7.49. The molecule has 1 amide bonds. The molecule has 3 aromatic carbocycles. The number of rotatable bonds is 9. The van der Waals surface area contributed by atoms with Crippen LogP contribution in [-0.4, -0.2) is 72.7 Å². The number of esters is 1. The molecule has 3 aromatic rings. The highest BCUT2D eigenvalue weighted by Crippen LogP contribution is 2.47. The highest BCUT2D eigenvalue weighted by Gasteiger charge is 2.45. The van der Waals surface area contributed by atoms with Crippen LogP contribution < -0.4 is 5.32 Å². The smallest absolute Gasteiger partial charge is 0.303 e. The number of aliphatic hydroxyl groups excluding tert-OH is 1. The second kappa shape index (κ2) is 14.4. The van der Waals surface area contributed by atoms with Crippen molar-refractivity contribution < 1.29 is 38.4 Å². The summed E-state index contributed by atoms with van der Waals surface area (Å²) < 4.78 is 30.7. The van der Waals surface area contributed by atoms with Crippen LogP contribution in [0.15, 0.2) is 78.9 Å². The molecule has 0 bridgehead atoms. The SMILES string of the molecule is CC(=O)O[C@@H](C)C(=O)Nc1cccc(C2O[C@H](CN3CCC4(CC3)OCCO4)[C@@H](c3ccccc3)[C@H](c3ccc(CO)cc3)O2)c1. The van der Waals surface area contributed by atoms with Crippen LogP contribution in [0, 0.1) is 0 Å². The van der Waals surface area contributed by atoms with Gasteiger partial charge in [0, 0.05) is 56.6 Å². The molecule has 6 rings (SSSR count). The van der Waals surface area contributed by atoms with E-state index in [9.17, 15) is 14.7 Å². The van der Waals surface area contributed by atoms with Crippen molar-refractivity contribution in [2.75, 3.05) is 38.2 Å². The molecule has 0 aromatic heterocycles. The Kier molecular flexibility index (Phi) is 10.1. The molecule has 46 heavy (non-hydrogen) atoms. The number of piperidine rings is 1. The molecular weight excluding hydrogens is 588 g/mol. The summed E-state index contributed by atoms with van der Waals surface area (Å²) in [6, 6.07) is 25.5. The highest BCUT2D eigenvalue weighted by atomic mass is 16.7. The first kappa shape index (κ1) is 32.3. The van der Waals surface area contributed by atoms with E-state index in [-0.39, 0.29) is 24.7 Å². The Labute approximate surface area is 269 Å². The van der Waals surface area contributed by atoms with Crippen molar-refractivity contribution in [1.82, 2.24) is 4.90 Å². The van der Waals surface area contributed by atoms with Crippen molar-refractivity contribution in [2.24, 2.45) is 0 Å². The zero-order valence-corrected chi connectivity index (χ0v) is 26.3. The fourth-order valence-corrected chi connectivity index (χ4v) is 6.59. The second-order valence-electron chi connectivity index (χ2n) is 12.2. The number of ether oxygens (including phenoxy) is 5. The fourth-order valence-electron chi connectivity index (χ4n) is 6.59. The molecule has 0 radical (unpaired) electrons. The van der Waals surface area contributed by atoms with Crippen molar-refractivity contribution in [3.63, 3.8) is 0 Å². The van der Waals surface area contributed by atoms with Gasteiger partial charge in [-0.15, -0.1) is 0 Å². The van der Waals surface area contributed by atoms with Gasteiger partial charge in [0.25, 0.3) is 5.91 Å². The van der Waals surface area contributed by atoms with Crippen LogP contribution in [0.5, 0.6) is 0 Å². The molecule has 0 aliphatic carbocycles. The number of aliphatic hydroxyl groups is 1. The lowest BCUT2D eigenvalue weighted by molar-refractivity contribution is -0.265. The third-order valence-electron chi connectivity index (χ3n) is 8.98. The van der Waals surface area contributed by atoms with E-state index in [0.717, 1.165) is 48.2 Å². The Morgan fingerprint density at radius 2 is 1.63 bits per heavy atom. The van der Waals surface area contributed by atoms with E-state index in [0.29, 0.717) is 25.4 Å². The number of likely N-dealkylation sites (tertiary alicyclic amines) is 1. The predicted octanol–water partition coefficient (Wildman–Crippen LogP) is 4.85. The van der Waals surface area contributed by atoms with E-state index in [1.54, 1.807) is 6.07 Å². The summed E-state index contributed by atoms with van der Waals surface area (Å²) in [5.74, 6) is -1.55. The van der Waals surface area contributed by atoms with Crippen LogP contribution in [0.25, 0.3) is 0 Å². The largest absolute Gasteiger partial charge is 0.453 e. The number of nitrogens with one attached hydrogen (secondary N) is 1. The summed E-state index contributed by atoms with van der Waals surface area (Å²) in [7, 11) is 0. The summed E-state index contributed by atoms with van der Waals surface area (Å²) in [6.45, 7) is 6.36. The molecule has 1 unspecified atom stereocenters. The van der Waals surface area contributed by atoms with Gasteiger partial charge < -0.3 is 39.0 Å². The topological polar surface area (TPSA) is 116 Å². The van der Waals surface area contributed by atoms with Gasteiger partial charge in [0.2, 0.25) is 0 Å². The molecule has 0 saturated carbocycles. The van der Waals surface area contributed by atoms with Crippen LogP contribution in [0.3, 0.4) is 0 Å². The Morgan fingerprint density at radius 3 is 2.30 bits per heavy atom. The zero-order valence-electron chi connectivity index (χ0n) is 26.3. The minimum absolute atomic E-state index is 0.0409. The Balaban J connectivity index is 1.30. The highest BCUT2D eigenvalue weighted by molar-refractivity contribution is 5.95. The lowest BCUT2D eigenvalue weighted by Crippen LogP contribution is -2.50. The lowest BCUT2D eigenvalue weighted by Gasteiger charge is -2.46. The van der Waals surface area contributed by atoms with Crippen LogP contribution in [0.4, 0.5) is 5.69 Å². The average molecular weight is 631 g/mol. The van der Waals surface area contributed by atoms with E-state index >= 15 is 0 Å². The molecule has 244 valence electrons. The maximum absolute atomic E-state index is 12.7. The summed E-state index contributed by atoms with van der Waals surface area (Å²) in [4.78, 5) is 26.5. The number of carbonyl (C=O) groups excluding carboxylic acids is 2. The molecule has 3 saturated heterocycles. The number of anilines is 1. The van der Waals surface area contributed by atoms with Crippen molar-refractivity contribution in [3.05, 3.63) is 101 Å². The van der Waals surface area contributed by atoms with Crippen LogP contribution >= 0.6 is 0 Å². The van der Waals surface area contributed by atoms with E-state index in [1.165, 1.54) is 13.8 Å². The van der Waals surface area contributed by atoms with Crippen LogP contribution in [0.1, 0.15) is 67.3 Å². The lowest BCUT2D eigenvalue weighted by atomic mass is 9.83. The third-order valence-corrected chi connectivity index (χ3v) is 8.98. The summed E-state index contributed by atoms with van der Waals surface area (Å²) in [5.41, 5.74) is 4.20. The maximum atomic E-state index is 12.7. The number of carbonyl (C=O) groups is 2. The molecule has 10 nitrogen and oxygen atoms in total. The summed E-state index contributed by atoms with van der Waals surface area (Å²) in [5, 5.41) is 12.5. The molecule has 2 N–H and O–H groups in total. The Hall–Kier alpha value is -3.64. The normalized spacial score (nSPS) is 25.2. The molecule has 10 heteroatoms. The standard InChI is InChI=1S/C36H42N2O8/c1-24(44-25(2)40)34(41)37-30-10-6-9-29(21-30)35-45-31(22-38-17-15-36(16-18-38)42-19-20-43-36)32(27-7-4-3-5-8-27)33(46-35)28-13-11-26(23-39)12-14-28/h3-14,21,24,31-33,35,39H,15-20,22-23H2,1-2H3,(H,37,41)/t24-,31+,32+,33-,35?/m0/s1. The van der Waals surface area contributed by atoms with Gasteiger partial charge in [-0.25, -0.2) is 0 Å². The molecule has 3 heterocycles. The van der Waals surface area contributed by atoms with Gasteiger partial charge >= 0.3 is 5.97 Å². The maximum Gasteiger partial charge on any atom is 0.303 e. The number of hydrogen-bond donors (Lipinski definition) is 2. The number of nitrogens with zero attached hydrogens (tertiary/aromatic N) is 1. The van der Waals surface area contributed by atoms with Crippen molar-refractivity contribution >= 4 is 17.6 Å². The van der Waals surface area contributed by atoms with Gasteiger partial charge in [-0.1, -0.05) is 66.7 Å². The minimum Gasteiger partial charge on any atom is -0.453 e. The van der Waals surface area contributed by atoms with Gasteiger partial charge in [0.1, 0.15) is 0 Å². The molecule has 3 fully saturated rings. The van der Waals surface area contributed by atoms with Gasteiger partial charge in [-0.05, 0) is 35.7 Å². The number of benzene rings is 3. The molecule has 3 aliphatic rings.